The third kappa shape index (κ3) is 2.21. The number of hydrogen-bond donors (Lipinski definition) is 0. The van der Waals surface area contributed by atoms with Gasteiger partial charge >= 0.3 is 0 Å². The first kappa shape index (κ1) is 8.99. The molecule has 2 aromatic rings. The predicted molar refractivity (Wildman–Crippen MR) is 46.6 cm³/mol. The molecule has 0 atom stereocenters. The molecule has 0 unspecified atom stereocenters. The lowest BCUT2D eigenvalue weighted by Crippen LogP contribution is -2.01. The molecular formula is C6H4N9. The van der Waals surface area contributed by atoms with Crippen molar-refractivity contribution in [1.29, 1.82) is 0 Å². The van der Waals surface area contributed by atoms with E-state index in [1.165, 1.54) is 0 Å². The van der Waals surface area contributed by atoms with E-state index in [9.17, 15) is 0 Å². The Morgan fingerprint density at radius 2 is 1.27 bits per heavy atom. The molecule has 2 N–H and O–H groups in total. The van der Waals surface area contributed by atoms with Crippen molar-refractivity contribution in [2.24, 2.45) is 0 Å². The van der Waals surface area contributed by atoms with Crippen molar-refractivity contribution in [3.05, 3.63) is 12.7 Å². The van der Waals surface area contributed by atoms with Crippen molar-refractivity contribution >= 4 is 23.8 Å². The SMILES string of the molecule is [NH]c1ncnc([N]c2ncnc([NH])n2)n1. The first-order chi connectivity index (χ1) is 7.24. The molecule has 9 heteroatoms. The van der Waals surface area contributed by atoms with Gasteiger partial charge in [-0.25, -0.2) is 0 Å². The van der Waals surface area contributed by atoms with Crippen molar-refractivity contribution in [1.82, 2.24) is 46.7 Å². The van der Waals surface area contributed by atoms with E-state index in [4.69, 9.17) is 11.5 Å². The molecule has 0 aliphatic rings. The summed E-state index contributed by atoms with van der Waals surface area (Å²) in [7, 11) is 0. The van der Waals surface area contributed by atoms with Crippen LogP contribution >= 0.6 is 0 Å². The van der Waals surface area contributed by atoms with Gasteiger partial charge in [-0.05, 0) is 0 Å². The van der Waals surface area contributed by atoms with Crippen molar-refractivity contribution in [3.8, 4) is 0 Å². The fraction of sp³-hybridized carbons (Fsp3) is 0. The number of aromatic nitrogens is 6. The molecule has 0 aromatic carbocycles. The Bertz CT molecular complexity index is 426. The zero-order valence-electron chi connectivity index (χ0n) is 7.29. The van der Waals surface area contributed by atoms with Gasteiger partial charge in [0.15, 0.2) is 0 Å². The molecule has 0 saturated heterocycles. The van der Waals surface area contributed by atoms with Gasteiger partial charge in [0, 0.05) is 0 Å². The molecule has 3 radical (unpaired) electrons. The number of nitrogens with one attached hydrogen (secondary N) is 2. The molecule has 2 aromatic heterocycles. The molecule has 0 amide bonds. The third-order valence-electron chi connectivity index (χ3n) is 1.32. The summed E-state index contributed by atoms with van der Waals surface area (Å²) in [5.74, 6) is -0.325. The fourth-order valence-electron chi connectivity index (χ4n) is 0.772. The average molecular weight is 202 g/mol. The van der Waals surface area contributed by atoms with Crippen LogP contribution in [-0.2, 0) is 0 Å². The minimum absolute atomic E-state index is 0.0283. The van der Waals surface area contributed by atoms with E-state index < -0.39 is 0 Å². The maximum Gasteiger partial charge on any atom is 0.257 e. The highest BCUT2D eigenvalue weighted by Gasteiger charge is 2.04. The maximum atomic E-state index is 7.13. The van der Waals surface area contributed by atoms with Gasteiger partial charge in [-0.2, -0.15) is 35.2 Å². The summed E-state index contributed by atoms with van der Waals surface area (Å²) < 4.78 is 0. The van der Waals surface area contributed by atoms with Crippen LogP contribution in [0.1, 0.15) is 0 Å². The minimum atomic E-state index is -0.191. The molecule has 0 fully saturated rings. The molecule has 0 aliphatic heterocycles. The van der Waals surface area contributed by atoms with Crippen LogP contribution in [0.5, 0.6) is 0 Å². The van der Waals surface area contributed by atoms with E-state index in [1.54, 1.807) is 0 Å². The summed E-state index contributed by atoms with van der Waals surface area (Å²) in [5, 5.41) is 3.80. The van der Waals surface area contributed by atoms with E-state index in [1.807, 2.05) is 0 Å². The smallest absolute Gasteiger partial charge is 0.257 e. The van der Waals surface area contributed by atoms with Crippen molar-refractivity contribution in [2.45, 2.75) is 0 Å². The summed E-state index contributed by atoms with van der Waals surface area (Å²) in [6, 6.07) is 0. The van der Waals surface area contributed by atoms with Crippen LogP contribution in [0.2, 0.25) is 0 Å². The van der Waals surface area contributed by atoms with E-state index in [-0.39, 0.29) is 23.8 Å². The van der Waals surface area contributed by atoms with E-state index in [2.05, 4.69) is 35.2 Å². The molecule has 0 spiro atoms. The van der Waals surface area contributed by atoms with Gasteiger partial charge in [0.05, 0.1) is 0 Å². The van der Waals surface area contributed by atoms with Gasteiger partial charge in [-0.3, -0.25) is 11.5 Å². The second kappa shape index (κ2) is 3.65. The zero-order chi connectivity index (χ0) is 10.7. The van der Waals surface area contributed by atoms with E-state index >= 15 is 0 Å². The second-order valence-corrected chi connectivity index (χ2v) is 2.33. The van der Waals surface area contributed by atoms with Gasteiger partial charge in [0.1, 0.15) is 12.7 Å². The summed E-state index contributed by atoms with van der Waals surface area (Å²) in [4.78, 5) is 21.6. The van der Waals surface area contributed by atoms with E-state index in [0.717, 1.165) is 12.7 Å². The highest BCUT2D eigenvalue weighted by molar-refractivity contribution is 5.30. The van der Waals surface area contributed by atoms with Gasteiger partial charge in [0.25, 0.3) is 11.9 Å². The minimum Gasteiger partial charge on any atom is -0.265 e. The Balaban J connectivity index is 2.22. The average Bonchev–Trinajstić information content (AvgIpc) is 2.17. The molecule has 15 heavy (non-hydrogen) atoms. The maximum absolute atomic E-state index is 7.13. The van der Waals surface area contributed by atoms with Crippen molar-refractivity contribution in [3.63, 3.8) is 0 Å². The molecule has 9 nitrogen and oxygen atoms in total. The lowest BCUT2D eigenvalue weighted by Gasteiger charge is -1.98. The number of nitrogens with zero attached hydrogens (tertiary/aromatic N) is 7. The van der Waals surface area contributed by atoms with Crippen LogP contribution in [0.4, 0.5) is 23.8 Å². The summed E-state index contributed by atoms with van der Waals surface area (Å²) in [5.41, 5.74) is 14.3. The Kier molecular flexibility index (Phi) is 2.19. The van der Waals surface area contributed by atoms with Crippen LogP contribution in [0.25, 0.3) is 0 Å². The summed E-state index contributed by atoms with van der Waals surface area (Å²) in [6.45, 7) is 0. The topological polar surface area (TPSA) is 139 Å². The first-order valence-corrected chi connectivity index (χ1v) is 3.77. The second-order valence-electron chi connectivity index (χ2n) is 2.33. The molecule has 2 rings (SSSR count). The zero-order valence-corrected chi connectivity index (χ0v) is 7.29. The van der Waals surface area contributed by atoms with Crippen molar-refractivity contribution < 1.29 is 0 Å². The predicted octanol–water partition coefficient (Wildman–Crippen LogP) is -0.547. The lowest BCUT2D eigenvalue weighted by molar-refractivity contribution is 0.887. The van der Waals surface area contributed by atoms with Crippen LogP contribution in [0.15, 0.2) is 12.7 Å². The van der Waals surface area contributed by atoms with Crippen LogP contribution < -0.4 is 16.8 Å². The summed E-state index contributed by atoms with van der Waals surface area (Å²) in [6.07, 6.45) is 2.33. The van der Waals surface area contributed by atoms with Crippen LogP contribution in [0.3, 0.4) is 0 Å². The highest BCUT2D eigenvalue weighted by atomic mass is 15.2. The first-order valence-electron chi connectivity index (χ1n) is 3.77. The Morgan fingerprint density at radius 3 is 1.67 bits per heavy atom. The van der Waals surface area contributed by atoms with Crippen LogP contribution in [-0.4, -0.2) is 29.9 Å². The number of hydrogen-bond acceptors (Lipinski definition) is 6. The lowest BCUT2D eigenvalue weighted by atomic mass is 10.8. The normalized spacial score (nSPS) is 9.87. The third-order valence-corrected chi connectivity index (χ3v) is 1.32. The Morgan fingerprint density at radius 1 is 0.800 bits per heavy atom. The van der Waals surface area contributed by atoms with Gasteiger partial charge in [-0.1, -0.05) is 0 Å². The highest BCUT2D eigenvalue weighted by Crippen LogP contribution is 2.07. The molecular weight excluding hydrogens is 198 g/mol. The van der Waals surface area contributed by atoms with Gasteiger partial charge in [-0.15, -0.1) is 0 Å². The fourth-order valence-corrected chi connectivity index (χ4v) is 0.772. The van der Waals surface area contributed by atoms with Crippen molar-refractivity contribution in [2.75, 3.05) is 0 Å². The molecule has 0 aliphatic carbocycles. The molecule has 73 valence electrons. The van der Waals surface area contributed by atoms with Gasteiger partial charge in [0.2, 0.25) is 11.9 Å². The summed E-state index contributed by atoms with van der Waals surface area (Å²) >= 11 is 0. The van der Waals surface area contributed by atoms with Crippen LogP contribution in [0, 0.1) is 0 Å². The largest absolute Gasteiger partial charge is 0.265 e. The molecule has 2 heterocycles. The quantitative estimate of drug-likeness (QED) is 0.640. The Labute approximate surface area is 84.0 Å². The monoisotopic (exact) mass is 202 g/mol. The van der Waals surface area contributed by atoms with Gasteiger partial charge < -0.3 is 0 Å². The van der Waals surface area contributed by atoms with E-state index in [0.29, 0.717) is 0 Å². The Hall–Kier alpha value is -2.58. The molecule has 0 bridgehead atoms. The standard InChI is InChI=1S/C6H4N9/c7-3-9-1-11-5(13-3)15-6-12-2-10-4(8)14-6/h1-2,7-8H. The molecule has 0 saturated carbocycles. The number of rotatable bonds is 2.